The summed E-state index contributed by atoms with van der Waals surface area (Å²) < 4.78 is 3.51. The number of carbonyl (C=O) groups is 1. The molecular formula is C14H20ClN5O. The zero-order chi connectivity index (χ0) is 15.4. The predicted molar refractivity (Wildman–Crippen MR) is 80.9 cm³/mol. The molecule has 0 aromatic carbocycles. The highest BCUT2D eigenvalue weighted by Crippen LogP contribution is 2.15. The lowest BCUT2D eigenvalue weighted by atomic mass is 10.2. The van der Waals surface area contributed by atoms with E-state index in [1.807, 2.05) is 36.6 Å². The Morgan fingerprint density at radius 2 is 2.29 bits per heavy atom. The van der Waals surface area contributed by atoms with Gasteiger partial charge in [-0.25, -0.2) is 4.98 Å². The molecule has 2 aromatic rings. The molecule has 2 heterocycles. The Kier molecular flexibility index (Phi) is 5.01. The number of halogens is 1. The second-order valence-electron chi connectivity index (χ2n) is 5.03. The van der Waals surface area contributed by atoms with Crippen molar-refractivity contribution in [3.05, 3.63) is 35.6 Å². The maximum absolute atomic E-state index is 12.7. The van der Waals surface area contributed by atoms with Crippen LogP contribution in [0.4, 0.5) is 0 Å². The summed E-state index contributed by atoms with van der Waals surface area (Å²) in [6.45, 7) is 5.06. The lowest BCUT2D eigenvalue weighted by Gasteiger charge is -2.25. The standard InChI is InChI=1S/C14H20ClN5O/c1-4-6-19(10-13-16-5-7-18(13)3)14(21)11(2)20-9-12(15)8-17-20/h5,7-9,11H,4,6,10H2,1-3H3/t11-/m0/s1. The van der Waals surface area contributed by atoms with Gasteiger partial charge >= 0.3 is 0 Å². The number of nitrogens with zero attached hydrogens (tertiary/aromatic N) is 5. The smallest absolute Gasteiger partial charge is 0.247 e. The lowest BCUT2D eigenvalue weighted by Crippen LogP contribution is -2.37. The number of aryl methyl sites for hydroxylation is 1. The predicted octanol–water partition coefficient (Wildman–Crippen LogP) is 2.27. The molecule has 0 unspecified atom stereocenters. The van der Waals surface area contributed by atoms with Crippen molar-refractivity contribution in [2.45, 2.75) is 32.9 Å². The quantitative estimate of drug-likeness (QED) is 0.822. The van der Waals surface area contributed by atoms with Crippen molar-refractivity contribution in [3.8, 4) is 0 Å². The molecule has 2 rings (SSSR count). The van der Waals surface area contributed by atoms with E-state index in [1.165, 1.54) is 6.20 Å². The highest BCUT2D eigenvalue weighted by Gasteiger charge is 2.23. The van der Waals surface area contributed by atoms with E-state index in [4.69, 9.17) is 11.6 Å². The van der Waals surface area contributed by atoms with Crippen LogP contribution >= 0.6 is 11.6 Å². The first-order valence-electron chi connectivity index (χ1n) is 6.97. The number of amides is 1. The van der Waals surface area contributed by atoms with E-state index in [0.717, 1.165) is 12.2 Å². The van der Waals surface area contributed by atoms with E-state index in [0.29, 0.717) is 18.1 Å². The highest BCUT2D eigenvalue weighted by atomic mass is 35.5. The van der Waals surface area contributed by atoms with Crippen LogP contribution in [-0.2, 0) is 18.4 Å². The van der Waals surface area contributed by atoms with Gasteiger partial charge in [-0.3, -0.25) is 9.48 Å². The number of rotatable bonds is 6. The minimum atomic E-state index is -0.385. The van der Waals surface area contributed by atoms with E-state index >= 15 is 0 Å². The maximum Gasteiger partial charge on any atom is 0.247 e. The SMILES string of the molecule is CCCN(Cc1nccn1C)C(=O)[C@H](C)n1cc(Cl)cn1. The number of imidazole rings is 1. The molecule has 0 aliphatic rings. The van der Waals surface area contributed by atoms with Gasteiger partial charge in [0.1, 0.15) is 11.9 Å². The van der Waals surface area contributed by atoms with Gasteiger partial charge in [0.2, 0.25) is 5.91 Å². The Hall–Kier alpha value is -1.82. The Bertz CT molecular complexity index is 606. The third-order valence-electron chi connectivity index (χ3n) is 3.38. The highest BCUT2D eigenvalue weighted by molar-refractivity contribution is 6.30. The fraction of sp³-hybridized carbons (Fsp3) is 0.500. The molecule has 1 amide bonds. The van der Waals surface area contributed by atoms with E-state index in [-0.39, 0.29) is 11.9 Å². The molecule has 0 aliphatic carbocycles. The van der Waals surface area contributed by atoms with Crippen molar-refractivity contribution in [2.24, 2.45) is 7.05 Å². The summed E-state index contributed by atoms with van der Waals surface area (Å²) in [5.41, 5.74) is 0. The van der Waals surface area contributed by atoms with Crippen LogP contribution in [0.15, 0.2) is 24.8 Å². The van der Waals surface area contributed by atoms with Gasteiger partial charge < -0.3 is 9.47 Å². The fourth-order valence-electron chi connectivity index (χ4n) is 2.16. The summed E-state index contributed by atoms with van der Waals surface area (Å²) in [5, 5.41) is 4.64. The molecule has 21 heavy (non-hydrogen) atoms. The minimum absolute atomic E-state index is 0.0135. The Labute approximate surface area is 129 Å². The first kappa shape index (κ1) is 15.6. The molecule has 2 aromatic heterocycles. The molecule has 0 aliphatic heterocycles. The average molecular weight is 310 g/mol. The third-order valence-corrected chi connectivity index (χ3v) is 3.58. The zero-order valence-electron chi connectivity index (χ0n) is 12.5. The number of hydrogen-bond donors (Lipinski definition) is 0. The van der Waals surface area contributed by atoms with Gasteiger partial charge in [0.05, 0.1) is 17.8 Å². The second kappa shape index (κ2) is 6.76. The van der Waals surface area contributed by atoms with Crippen LogP contribution in [0.5, 0.6) is 0 Å². The van der Waals surface area contributed by atoms with Gasteiger partial charge in [-0.05, 0) is 13.3 Å². The van der Waals surface area contributed by atoms with E-state index in [9.17, 15) is 4.79 Å². The topological polar surface area (TPSA) is 56.0 Å². The van der Waals surface area contributed by atoms with Crippen LogP contribution < -0.4 is 0 Å². The summed E-state index contributed by atoms with van der Waals surface area (Å²) >= 11 is 5.86. The van der Waals surface area contributed by atoms with Gasteiger partial charge in [-0.15, -0.1) is 0 Å². The monoisotopic (exact) mass is 309 g/mol. The maximum atomic E-state index is 12.7. The first-order valence-corrected chi connectivity index (χ1v) is 7.35. The van der Waals surface area contributed by atoms with Crippen LogP contribution in [0, 0.1) is 0 Å². The van der Waals surface area contributed by atoms with Crippen LogP contribution in [0.25, 0.3) is 0 Å². The van der Waals surface area contributed by atoms with Gasteiger partial charge in [0, 0.05) is 32.2 Å². The van der Waals surface area contributed by atoms with Crippen molar-refractivity contribution >= 4 is 17.5 Å². The lowest BCUT2D eigenvalue weighted by molar-refractivity contribution is -0.135. The van der Waals surface area contributed by atoms with Crippen molar-refractivity contribution in [3.63, 3.8) is 0 Å². The Balaban J connectivity index is 2.13. The van der Waals surface area contributed by atoms with E-state index < -0.39 is 0 Å². The molecule has 0 saturated carbocycles. The molecule has 0 bridgehead atoms. The summed E-state index contributed by atoms with van der Waals surface area (Å²) in [4.78, 5) is 18.8. The number of hydrogen-bond acceptors (Lipinski definition) is 3. The van der Waals surface area contributed by atoms with E-state index in [2.05, 4.69) is 10.1 Å². The summed E-state index contributed by atoms with van der Waals surface area (Å²) in [6, 6.07) is -0.385. The average Bonchev–Trinajstić information content (AvgIpc) is 3.06. The van der Waals surface area contributed by atoms with Crippen LogP contribution in [-0.4, -0.2) is 36.7 Å². The molecule has 0 spiro atoms. The van der Waals surface area contributed by atoms with Crippen LogP contribution in [0.2, 0.25) is 5.02 Å². The largest absolute Gasteiger partial charge is 0.337 e. The normalized spacial score (nSPS) is 12.4. The minimum Gasteiger partial charge on any atom is -0.337 e. The first-order chi connectivity index (χ1) is 10.0. The molecule has 1 atom stereocenters. The summed E-state index contributed by atoms with van der Waals surface area (Å²) in [5.74, 6) is 0.877. The van der Waals surface area contributed by atoms with Gasteiger partial charge in [-0.1, -0.05) is 18.5 Å². The third kappa shape index (κ3) is 3.64. The molecule has 0 fully saturated rings. The molecule has 0 radical (unpaired) electrons. The fourth-order valence-corrected chi connectivity index (χ4v) is 2.30. The molecule has 0 N–H and O–H groups in total. The van der Waals surface area contributed by atoms with Crippen molar-refractivity contribution in [2.75, 3.05) is 6.54 Å². The van der Waals surface area contributed by atoms with Crippen molar-refractivity contribution < 1.29 is 4.79 Å². The number of aromatic nitrogens is 4. The second-order valence-corrected chi connectivity index (χ2v) is 5.47. The Morgan fingerprint density at radius 3 is 2.81 bits per heavy atom. The van der Waals surface area contributed by atoms with Crippen LogP contribution in [0.1, 0.15) is 32.1 Å². The van der Waals surface area contributed by atoms with Crippen molar-refractivity contribution in [1.82, 2.24) is 24.2 Å². The molecular weight excluding hydrogens is 290 g/mol. The number of carbonyl (C=O) groups excluding carboxylic acids is 1. The summed E-state index contributed by atoms with van der Waals surface area (Å²) in [6.07, 6.45) is 7.70. The van der Waals surface area contributed by atoms with E-state index in [1.54, 1.807) is 17.1 Å². The molecule has 0 saturated heterocycles. The zero-order valence-corrected chi connectivity index (χ0v) is 13.3. The van der Waals surface area contributed by atoms with Gasteiger partial charge in [-0.2, -0.15) is 5.10 Å². The molecule has 6 nitrogen and oxygen atoms in total. The van der Waals surface area contributed by atoms with Gasteiger partial charge in [0.25, 0.3) is 0 Å². The van der Waals surface area contributed by atoms with Crippen molar-refractivity contribution in [1.29, 1.82) is 0 Å². The molecule has 114 valence electrons. The van der Waals surface area contributed by atoms with Crippen LogP contribution in [0.3, 0.4) is 0 Å². The molecule has 7 heteroatoms. The van der Waals surface area contributed by atoms with Gasteiger partial charge in [0.15, 0.2) is 0 Å². The summed E-state index contributed by atoms with van der Waals surface area (Å²) in [7, 11) is 1.92. The Morgan fingerprint density at radius 1 is 1.52 bits per heavy atom.